The summed E-state index contributed by atoms with van der Waals surface area (Å²) in [5, 5.41) is 13.9. The zero-order valence-corrected chi connectivity index (χ0v) is 10.0. The van der Waals surface area contributed by atoms with E-state index in [9.17, 15) is 5.11 Å². The standard InChI is InChI=1S/C12H19N3O2/c16-8-9-4-3-6-11-13-12(14-15(9)11)10-5-1-2-7-17-10/h9-10,16H,1-8H2. The number of aromatic nitrogens is 3. The van der Waals surface area contributed by atoms with Gasteiger partial charge in [-0.25, -0.2) is 9.67 Å². The predicted molar refractivity (Wildman–Crippen MR) is 61.6 cm³/mol. The van der Waals surface area contributed by atoms with E-state index in [2.05, 4.69) is 10.1 Å². The molecule has 1 saturated heterocycles. The van der Waals surface area contributed by atoms with Crippen LogP contribution in [0.2, 0.25) is 0 Å². The molecule has 2 aliphatic heterocycles. The molecule has 3 rings (SSSR count). The van der Waals surface area contributed by atoms with Crippen molar-refractivity contribution >= 4 is 0 Å². The second-order valence-corrected chi connectivity index (χ2v) is 4.91. The quantitative estimate of drug-likeness (QED) is 0.844. The molecular weight excluding hydrogens is 218 g/mol. The summed E-state index contributed by atoms with van der Waals surface area (Å²) in [7, 11) is 0. The lowest BCUT2D eigenvalue weighted by Gasteiger charge is -2.21. The Balaban J connectivity index is 1.84. The normalized spacial score (nSPS) is 29.0. The van der Waals surface area contributed by atoms with E-state index in [-0.39, 0.29) is 18.8 Å². The molecule has 94 valence electrons. The number of aliphatic hydroxyl groups is 1. The molecule has 0 radical (unpaired) electrons. The van der Waals surface area contributed by atoms with Crippen LogP contribution in [0.3, 0.4) is 0 Å². The summed E-state index contributed by atoms with van der Waals surface area (Å²) < 4.78 is 7.62. The molecule has 0 saturated carbocycles. The molecule has 0 spiro atoms. The smallest absolute Gasteiger partial charge is 0.179 e. The molecule has 2 aliphatic rings. The van der Waals surface area contributed by atoms with E-state index in [1.807, 2.05) is 4.68 Å². The first-order valence-electron chi connectivity index (χ1n) is 6.56. The first-order valence-corrected chi connectivity index (χ1v) is 6.56. The van der Waals surface area contributed by atoms with Gasteiger partial charge in [0, 0.05) is 13.0 Å². The van der Waals surface area contributed by atoms with Crippen molar-refractivity contribution in [3.05, 3.63) is 11.6 Å². The zero-order chi connectivity index (χ0) is 11.7. The first kappa shape index (κ1) is 11.2. The fourth-order valence-corrected chi connectivity index (χ4v) is 2.70. The number of aliphatic hydroxyl groups excluding tert-OH is 1. The Morgan fingerprint density at radius 2 is 2.24 bits per heavy atom. The largest absolute Gasteiger partial charge is 0.394 e. The summed E-state index contributed by atoms with van der Waals surface area (Å²) in [6.07, 6.45) is 6.48. The Bertz CT molecular complexity index is 385. The van der Waals surface area contributed by atoms with Crippen molar-refractivity contribution in [2.75, 3.05) is 13.2 Å². The van der Waals surface area contributed by atoms with Crippen molar-refractivity contribution < 1.29 is 9.84 Å². The fraction of sp³-hybridized carbons (Fsp3) is 0.833. The second-order valence-electron chi connectivity index (χ2n) is 4.91. The van der Waals surface area contributed by atoms with Gasteiger partial charge in [-0.3, -0.25) is 0 Å². The van der Waals surface area contributed by atoms with Crippen LogP contribution in [0.5, 0.6) is 0 Å². The van der Waals surface area contributed by atoms with Crippen molar-refractivity contribution in [3.8, 4) is 0 Å². The molecule has 0 amide bonds. The Kier molecular flexibility index (Phi) is 3.11. The van der Waals surface area contributed by atoms with Gasteiger partial charge in [-0.15, -0.1) is 0 Å². The summed E-state index contributed by atoms with van der Waals surface area (Å²) in [6, 6.07) is 0.114. The SMILES string of the molecule is OCC1CCCc2nc(C3CCCCO3)nn21. The number of hydrogen-bond acceptors (Lipinski definition) is 4. The number of rotatable bonds is 2. The highest BCUT2D eigenvalue weighted by molar-refractivity contribution is 5.01. The van der Waals surface area contributed by atoms with Crippen LogP contribution in [0.1, 0.15) is 55.9 Å². The van der Waals surface area contributed by atoms with Crippen LogP contribution < -0.4 is 0 Å². The zero-order valence-electron chi connectivity index (χ0n) is 10.0. The van der Waals surface area contributed by atoms with Gasteiger partial charge in [-0.05, 0) is 32.1 Å². The van der Waals surface area contributed by atoms with Crippen LogP contribution in [0, 0.1) is 0 Å². The molecule has 1 aromatic rings. The Labute approximate surface area is 101 Å². The number of aryl methyl sites for hydroxylation is 1. The Hall–Kier alpha value is -0.940. The molecule has 5 heteroatoms. The predicted octanol–water partition coefficient (Wildman–Crippen LogP) is 1.39. The first-order chi connectivity index (χ1) is 8.38. The minimum Gasteiger partial charge on any atom is -0.394 e. The van der Waals surface area contributed by atoms with Crippen LogP contribution in [-0.2, 0) is 11.2 Å². The third-order valence-corrected chi connectivity index (χ3v) is 3.68. The molecule has 1 aromatic heterocycles. The Morgan fingerprint density at radius 3 is 3.00 bits per heavy atom. The third kappa shape index (κ3) is 2.09. The highest BCUT2D eigenvalue weighted by Crippen LogP contribution is 2.29. The van der Waals surface area contributed by atoms with Crippen molar-refractivity contribution in [1.82, 2.24) is 14.8 Å². The number of hydrogen-bond donors (Lipinski definition) is 1. The molecule has 0 aliphatic carbocycles. The summed E-state index contributed by atoms with van der Waals surface area (Å²) >= 11 is 0. The lowest BCUT2D eigenvalue weighted by Crippen LogP contribution is -2.22. The van der Waals surface area contributed by atoms with Gasteiger partial charge in [0.25, 0.3) is 0 Å². The van der Waals surface area contributed by atoms with E-state index in [1.165, 1.54) is 6.42 Å². The van der Waals surface area contributed by atoms with Gasteiger partial charge >= 0.3 is 0 Å². The van der Waals surface area contributed by atoms with E-state index in [1.54, 1.807) is 0 Å². The summed E-state index contributed by atoms with van der Waals surface area (Å²) in [4.78, 5) is 4.59. The second kappa shape index (κ2) is 4.74. The lowest BCUT2D eigenvalue weighted by molar-refractivity contribution is 0.00916. The molecule has 0 aromatic carbocycles. The fourth-order valence-electron chi connectivity index (χ4n) is 2.70. The molecule has 2 unspecified atom stereocenters. The Morgan fingerprint density at radius 1 is 1.29 bits per heavy atom. The summed E-state index contributed by atoms with van der Waals surface area (Å²) in [5.41, 5.74) is 0. The van der Waals surface area contributed by atoms with Crippen molar-refractivity contribution in [3.63, 3.8) is 0 Å². The van der Waals surface area contributed by atoms with E-state index in [0.29, 0.717) is 0 Å². The third-order valence-electron chi connectivity index (χ3n) is 3.68. The van der Waals surface area contributed by atoms with Crippen LogP contribution in [0.4, 0.5) is 0 Å². The minimum absolute atomic E-state index is 0.0705. The maximum Gasteiger partial charge on any atom is 0.179 e. The molecule has 17 heavy (non-hydrogen) atoms. The van der Waals surface area contributed by atoms with Gasteiger partial charge in [-0.1, -0.05) is 0 Å². The number of nitrogens with zero attached hydrogens (tertiary/aromatic N) is 3. The van der Waals surface area contributed by atoms with Gasteiger partial charge < -0.3 is 9.84 Å². The van der Waals surface area contributed by atoms with E-state index >= 15 is 0 Å². The lowest BCUT2D eigenvalue weighted by atomic mass is 10.1. The van der Waals surface area contributed by atoms with Gasteiger partial charge in [0.1, 0.15) is 11.9 Å². The molecule has 0 bridgehead atoms. The average molecular weight is 237 g/mol. The summed E-state index contributed by atoms with van der Waals surface area (Å²) in [5.74, 6) is 1.83. The van der Waals surface area contributed by atoms with Gasteiger partial charge in [0.05, 0.1) is 12.6 Å². The average Bonchev–Trinajstić information content (AvgIpc) is 2.83. The molecule has 5 nitrogen and oxygen atoms in total. The molecule has 3 heterocycles. The van der Waals surface area contributed by atoms with Gasteiger partial charge in [-0.2, -0.15) is 5.10 Å². The summed E-state index contributed by atoms with van der Waals surface area (Å²) in [6.45, 7) is 0.972. The van der Waals surface area contributed by atoms with Crippen LogP contribution in [0.15, 0.2) is 0 Å². The van der Waals surface area contributed by atoms with Crippen LogP contribution in [-0.4, -0.2) is 33.1 Å². The van der Waals surface area contributed by atoms with E-state index in [0.717, 1.165) is 50.4 Å². The maximum absolute atomic E-state index is 9.34. The maximum atomic E-state index is 9.34. The van der Waals surface area contributed by atoms with Crippen molar-refractivity contribution in [2.24, 2.45) is 0 Å². The minimum atomic E-state index is 0.0705. The molecule has 1 N–H and O–H groups in total. The molecular formula is C12H19N3O2. The molecule has 2 atom stereocenters. The monoisotopic (exact) mass is 237 g/mol. The van der Waals surface area contributed by atoms with Gasteiger partial charge in [0.2, 0.25) is 0 Å². The van der Waals surface area contributed by atoms with Crippen LogP contribution >= 0.6 is 0 Å². The van der Waals surface area contributed by atoms with Crippen LogP contribution in [0.25, 0.3) is 0 Å². The van der Waals surface area contributed by atoms with Crippen molar-refractivity contribution in [1.29, 1.82) is 0 Å². The highest BCUT2D eigenvalue weighted by atomic mass is 16.5. The van der Waals surface area contributed by atoms with E-state index < -0.39 is 0 Å². The van der Waals surface area contributed by atoms with Crippen molar-refractivity contribution in [2.45, 2.75) is 50.7 Å². The topological polar surface area (TPSA) is 60.2 Å². The van der Waals surface area contributed by atoms with E-state index in [4.69, 9.17) is 4.74 Å². The number of ether oxygens (including phenoxy) is 1. The highest BCUT2D eigenvalue weighted by Gasteiger charge is 2.26. The van der Waals surface area contributed by atoms with Gasteiger partial charge in [0.15, 0.2) is 5.82 Å². The molecule has 1 fully saturated rings. The number of fused-ring (bicyclic) bond motifs is 1.